The number of nitrogens with one attached hydrogen (secondary N) is 2. The summed E-state index contributed by atoms with van der Waals surface area (Å²) >= 11 is 6.61. The van der Waals surface area contributed by atoms with Gasteiger partial charge in [-0.15, -0.1) is 0 Å². The summed E-state index contributed by atoms with van der Waals surface area (Å²) in [5.41, 5.74) is 4.13. The van der Waals surface area contributed by atoms with Gasteiger partial charge in [0.15, 0.2) is 5.82 Å². The number of quaternary nitrogens is 1. The number of amides is 3. The van der Waals surface area contributed by atoms with Crippen LogP contribution in [-0.4, -0.2) is 136 Å². The Balaban J connectivity index is 0.939. The second kappa shape index (κ2) is 17.6. The molecule has 0 radical (unpaired) electrons. The average Bonchev–Trinajstić information content (AvgIpc) is 3.77. The molecule has 15 nitrogen and oxygen atoms in total. The first-order chi connectivity index (χ1) is 28.3. The summed E-state index contributed by atoms with van der Waals surface area (Å²) in [6.45, 7) is 9.92. The highest BCUT2D eigenvalue weighted by Gasteiger charge is 2.41. The molecule has 59 heavy (non-hydrogen) atoms. The number of imidazole rings is 1. The highest BCUT2D eigenvalue weighted by atomic mass is 35.5. The minimum absolute atomic E-state index is 0.0239. The molecule has 3 amide bonds. The standard InChI is InChI=1S/C42H51ClFN9O6/c1-26-31(7-8-32(38(26)44)34-22-47-52(27(34)2)15-18-59-4)36-23-46-39(49(36)3)40(56)48-30-5-6-33(35(43)19-30)42(58)51-13-11-50(12-14-51)41(57)29-9-16-53(17-10-29,25-37(54)55)24-28-20-45-21-28/h5-8,19,22-23,28-29,45H,9-18,20-21,24-25H2,1-4H3,(H-,48,54,55,56,58). The molecule has 0 aliphatic carbocycles. The van der Waals surface area contributed by atoms with Crippen LogP contribution in [0.1, 0.15) is 45.1 Å². The number of piperazine rings is 1. The summed E-state index contributed by atoms with van der Waals surface area (Å²) in [6, 6.07) is 8.19. The number of anilines is 1. The SMILES string of the molecule is COCCn1ncc(-c2ccc(-c3cnc(C(=O)Nc4ccc(C(=O)N5CCN(C(=O)C6CC[N+](CC(=O)[O-])(CC7CNC7)CC6)CC5)c(Cl)c4)n3C)c(C)c2F)c1C. The lowest BCUT2D eigenvalue weighted by molar-refractivity contribution is -0.931. The van der Waals surface area contributed by atoms with E-state index in [1.54, 1.807) is 59.6 Å². The van der Waals surface area contributed by atoms with Gasteiger partial charge < -0.3 is 44.1 Å². The molecule has 0 spiro atoms. The number of ether oxygens (including phenoxy) is 1. The highest BCUT2D eigenvalue weighted by Crippen LogP contribution is 2.34. The van der Waals surface area contributed by atoms with Crippen molar-refractivity contribution < 1.29 is 37.9 Å². The van der Waals surface area contributed by atoms with Gasteiger partial charge in [0.25, 0.3) is 11.8 Å². The zero-order valence-corrected chi connectivity index (χ0v) is 34.7. The maximum absolute atomic E-state index is 15.9. The van der Waals surface area contributed by atoms with Crippen molar-refractivity contribution in [3.63, 3.8) is 0 Å². The number of hydrogen-bond donors (Lipinski definition) is 2. The zero-order chi connectivity index (χ0) is 42.0. The van der Waals surface area contributed by atoms with E-state index in [0.717, 1.165) is 25.3 Å². The van der Waals surface area contributed by atoms with E-state index in [4.69, 9.17) is 16.3 Å². The molecule has 17 heteroatoms. The molecule has 0 unspecified atom stereocenters. The van der Waals surface area contributed by atoms with Crippen LogP contribution >= 0.6 is 11.6 Å². The molecule has 314 valence electrons. The van der Waals surface area contributed by atoms with Crippen LogP contribution < -0.4 is 15.7 Å². The molecular weight excluding hydrogens is 781 g/mol. The van der Waals surface area contributed by atoms with Gasteiger partial charge in [-0.1, -0.05) is 23.7 Å². The first kappa shape index (κ1) is 42.0. The van der Waals surface area contributed by atoms with Crippen LogP contribution in [-0.2, 0) is 27.9 Å². The van der Waals surface area contributed by atoms with Gasteiger partial charge in [-0.3, -0.25) is 19.1 Å². The van der Waals surface area contributed by atoms with Gasteiger partial charge in [0.05, 0.1) is 67.4 Å². The van der Waals surface area contributed by atoms with E-state index in [2.05, 4.69) is 20.7 Å². The molecule has 4 aromatic rings. The molecule has 0 saturated carbocycles. The van der Waals surface area contributed by atoms with Crippen molar-refractivity contribution in [2.24, 2.45) is 18.9 Å². The van der Waals surface area contributed by atoms with Crippen molar-refractivity contribution in [3.05, 3.63) is 76.2 Å². The van der Waals surface area contributed by atoms with E-state index in [-0.39, 0.29) is 46.5 Å². The lowest BCUT2D eigenvalue weighted by atomic mass is 9.90. The Morgan fingerprint density at radius 1 is 1.00 bits per heavy atom. The number of aliphatic carboxylic acids is 1. The maximum Gasteiger partial charge on any atom is 0.291 e. The molecule has 3 aliphatic rings. The minimum Gasteiger partial charge on any atom is -0.544 e. The molecule has 3 saturated heterocycles. The molecule has 2 aromatic carbocycles. The van der Waals surface area contributed by atoms with Gasteiger partial charge in [-0.2, -0.15) is 5.10 Å². The van der Waals surface area contributed by atoms with E-state index in [1.165, 1.54) is 12.3 Å². The van der Waals surface area contributed by atoms with E-state index in [9.17, 15) is 24.3 Å². The quantitative estimate of drug-likeness (QED) is 0.193. The Morgan fingerprint density at radius 3 is 2.34 bits per heavy atom. The molecule has 0 atom stereocenters. The predicted molar refractivity (Wildman–Crippen MR) is 217 cm³/mol. The van der Waals surface area contributed by atoms with Crippen LogP contribution in [0.25, 0.3) is 22.4 Å². The largest absolute Gasteiger partial charge is 0.544 e. The van der Waals surface area contributed by atoms with Crippen molar-refractivity contribution in [1.29, 1.82) is 0 Å². The van der Waals surface area contributed by atoms with Crippen molar-refractivity contribution in [2.75, 3.05) is 84.5 Å². The number of methoxy groups -OCH3 is 1. The van der Waals surface area contributed by atoms with Gasteiger partial charge in [0.2, 0.25) is 5.91 Å². The number of aromatic nitrogens is 4. The molecule has 7 rings (SSSR count). The molecule has 0 bridgehead atoms. The van der Waals surface area contributed by atoms with Gasteiger partial charge in [0, 0.05) is 106 Å². The fraction of sp³-hybridized carbons (Fsp3) is 0.476. The number of carbonyl (C=O) groups excluding carboxylic acids is 4. The number of halogens is 2. The number of carboxylic acid groups (broad SMARTS) is 1. The summed E-state index contributed by atoms with van der Waals surface area (Å²) in [5.74, 6) is -1.80. The summed E-state index contributed by atoms with van der Waals surface area (Å²) in [6.07, 6.45) is 4.43. The number of rotatable bonds is 13. The number of likely N-dealkylation sites (tertiary alicyclic amines) is 1. The summed E-state index contributed by atoms with van der Waals surface area (Å²) in [5, 5.41) is 22.2. The van der Waals surface area contributed by atoms with E-state index < -0.39 is 11.9 Å². The van der Waals surface area contributed by atoms with Crippen LogP contribution in [0.4, 0.5) is 10.1 Å². The third-order valence-corrected chi connectivity index (χ3v) is 12.6. The lowest BCUT2D eigenvalue weighted by Gasteiger charge is -2.47. The molecule has 2 N–H and O–H groups in total. The second-order valence-electron chi connectivity index (χ2n) is 16.1. The van der Waals surface area contributed by atoms with Gasteiger partial charge in [-0.05, 0) is 37.6 Å². The lowest BCUT2D eigenvalue weighted by Crippen LogP contribution is -2.63. The number of benzene rings is 2. The second-order valence-corrected chi connectivity index (χ2v) is 16.5. The van der Waals surface area contributed by atoms with Crippen molar-refractivity contribution in [3.8, 4) is 22.4 Å². The average molecular weight is 832 g/mol. The number of nitrogens with zero attached hydrogens (tertiary/aromatic N) is 7. The number of piperidine rings is 1. The van der Waals surface area contributed by atoms with Gasteiger partial charge >= 0.3 is 0 Å². The Kier molecular flexibility index (Phi) is 12.5. The van der Waals surface area contributed by atoms with Crippen molar-refractivity contribution in [1.82, 2.24) is 34.4 Å². The van der Waals surface area contributed by atoms with Gasteiger partial charge in [-0.25, -0.2) is 9.37 Å². The third kappa shape index (κ3) is 8.76. The Labute approximate surface area is 347 Å². The number of hydrogen-bond acceptors (Lipinski definition) is 9. The smallest absolute Gasteiger partial charge is 0.291 e. The van der Waals surface area contributed by atoms with Crippen LogP contribution in [0.5, 0.6) is 0 Å². The fourth-order valence-electron chi connectivity index (χ4n) is 8.73. The number of carbonyl (C=O) groups is 4. The molecule has 5 heterocycles. The predicted octanol–water partition coefficient (Wildman–Crippen LogP) is 2.74. The summed E-state index contributed by atoms with van der Waals surface area (Å²) in [4.78, 5) is 59.9. The molecule has 2 aromatic heterocycles. The Bertz CT molecular complexity index is 2240. The van der Waals surface area contributed by atoms with Crippen LogP contribution in [0.2, 0.25) is 5.02 Å². The minimum atomic E-state index is -1.05. The summed E-state index contributed by atoms with van der Waals surface area (Å²) < 4.78 is 24.9. The highest BCUT2D eigenvalue weighted by molar-refractivity contribution is 6.34. The van der Waals surface area contributed by atoms with Crippen LogP contribution in [0, 0.1) is 31.5 Å². The maximum atomic E-state index is 15.9. The van der Waals surface area contributed by atoms with E-state index in [1.807, 2.05) is 17.9 Å². The first-order valence-corrected chi connectivity index (χ1v) is 20.4. The first-order valence-electron chi connectivity index (χ1n) is 20.1. The zero-order valence-electron chi connectivity index (χ0n) is 33.9. The van der Waals surface area contributed by atoms with Crippen LogP contribution in [0.3, 0.4) is 0 Å². The molecule has 3 aliphatic heterocycles. The van der Waals surface area contributed by atoms with Crippen molar-refractivity contribution in [2.45, 2.75) is 33.2 Å². The molecular formula is C42H51ClFN9O6. The topological polar surface area (TPSA) is 167 Å². The molecule has 3 fully saturated rings. The van der Waals surface area contributed by atoms with E-state index >= 15 is 4.39 Å². The normalized spacial score (nSPS) is 19.7. The van der Waals surface area contributed by atoms with E-state index in [0.29, 0.717) is 109 Å². The van der Waals surface area contributed by atoms with Crippen molar-refractivity contribution >= 4 is 41.0 Å². The Morgan fingerprint density at radius 2 is 1.69 bits per heavy atom. The van der Waals surface area contributed by atoms with Crippen LogP contribution in [0.15, 0.2) is 42.7 Å². The fourth-order valence-corrected chi connectivity index (χ4v) is 9.00. The Hall–Kier alpha value is -5.16. The van der Waals surface area contributed by atoms with Gasteiger partial charge in [0.1, 0.15) is 12.4 Å². The number of carboxylic acids is 1. The third-order valence-electron chi connectivity index (χ3n) is 12.3. The monoisotopic (exact) mass is 831 g/mol. The summed E-state index contributed by atoms with van der Waals surface area (Å²) in [7, 11) is 3.30.